The molecule has 2 radical (unpaired) electrons. The van der Waals surface area contributed by atoms with E-state index in [-0.39, 0.29) is 52.7 Å². The van der Waals surface area contributed by atoms with Crippen molar-refractivity contribution in [3.63, 3.8) is 0 Å². The zero-order valence-electron chi connectivity index (χ0n) is 12.5. The predicted molar refractivity (Wildman–Crippen MR) is 72.3 cm³/mol. The number of aromatic nitrogens is 1. The summed E-state index contributed by atoms with van der Waals surface area (Å²) in [7, 11) is 4.10. The third-order valence-electron chi connectivity index (χ3n) is 2.60. The number of hydrogen-bond donors (Lipinski definition) is 0. The summed E-state index contributed by atoms with van der Waals surface area (Å²) in [6.45, 7) is 0.925. The fourth-order valence-electron chi connectivity index (χ4n) is 1.65. The van der Waals surface area contributed by atoms with Gasteiger partial charge in [0.2, 0.25) is 0 Å². The maximum atomic E-state index is 2.18. The molecule has 0 fully saturated rings. The number of anilines is 1. The van der Waals surface area contributed by atoms with Gasteiger partial charge in [0, 0.05) is 37.5 Å². The van der Waals surface area contributed by atoms with E-state index in [0.717, 1.165) is 6.54 Å². The molecule has 0 aliphatic carbocycles. The zero-order chi connectivity index (χ0) is 11.4. The Labute approximate surface area is 149 Å². The van der Waals surface area contributed by atoms with Crippen LogP contribution in [-0.4, -0.2) is 38.5 Å². The quantitative estimate of drug-likeness (QED) is 0.257. The van der Waals surface area contributed by atoms with Crippen molar-refractivity contribution in [3.05, 3.63) is 60.4 Å². The van der Waals surface area contributed by atoms with E-state index in [2.05, 4.69) is 72.4 Å². The van der Waals surface area contributed by atoms with Gasteiger partial charge in [0.25, 0.3) is 0 Å². The first-order chi connectivity index (χ1) is 7.75. The summed E-state index contributed by atoms with van der Waals surface area (Å²) in [5, 5.41) is 0. The Hall–Kier alpha value is -1.43. The SMILES string of the molecule is CN(C)c1cc[n+](Cc2ccccc2)cc1.[F-].[F-].[F-].[F-].[F-].[F-].[Sb+3]. The zero-order valence-corrected chi connectivity index (χ0v) is 15.1. The molecule has 0 saturated carbocycles. The summed E-state index contributed by atoms with van der Waals surface area (Å²) in [6, 6.07) is 14.7. The first-order valence-electron chi connectivity index (χ1n) is 5.46. The second-order valence-corrected chi connectivity index (χ2v) is 4.11. The van der Waals surface area contributed by atoms with E-state index in [1.165, 1.54) is 11.3 Å². The third kappa shape index (κ3) is 11.7. The number of nitrogens with zero attached hydrogens (tertiary/aromatic N) is 2. The fourth-order valence-corrected chi connectivity index (χ4v) is 1.65. The molecule has 0 unspecified atom stereocenters. The minimum Gasteiger partial charge on any atom is -1.00 e. The Kier molecular flexibility index (Phi) is 30.5. The van der Waals surface area contributed by atoms with E-state index in [0.29, 0.717) is 0 Å². The molecule has 0 amide bonds. The molecule has 0 atom stereocenters. The van der Waals surface area contributed by atoms with Crippen molar-refractivity contribution < 1.29 is 32.8 Å². The van der Waals surface area contributed by atoms with E-state index in [4.69, 9.17) is 0 Å². The summed E-state index contributed by atoms with van der Waals surface area (Å²) in [6.07, 6.45) is 4.23. The fraction of sp³-hybridized carbons (Fsp3) is 0.214. The number of benzene rings is 1. The van der Waals surface area contributed by atoms with Crippen molar-refractivity contribution in [1.82, 2.24) is 0 Å². The van der Waals surface area contributed by atoms with Crippen LogP contribution in [0.3, 0.4) is 0 Å². The minimum atomic E-state index is 0. The second-order valence-electron chi connectivity index (χ2n) is 4.11. The van der Waals surface area contributed by atoms with E-state index >= 15 is 0 Å². The molecule has 23 heavy (non-hydrogen) atoms. The van der Waals surface area contributed by atoms with Gasteiger partial charge in [-0.15, -0.1) is 0 Å². The predicted octanol–water partition coefficient (Wildman–Crippen LogP) is -16.3. The molecule has 2 rings (SSSR count). The van der Waals surface area contributed by atoms with E-state index in [1.54, 1.807) is 0 Å². The van der Waals surface area contributed by atoms with Gasteiger partial charge in [0.05, 0.1) is 0 Å². The Morgan fingerprint density at radius 1 is 0.739 bits per heavy atom. The van der Waals surface area contributed by atoms with E-state index in [1.807, 2.05) is 6.07 Å². The van der Waals surface area contributed by atoms with Crippen molar-refractivity contribution in [2.24, 2.45) is 0 Å². The molecule has 9 heteroatoms. The van der Waals surface area contributed by atoms with Crippen molar-refractivity contribution in [3.8, 4) is 0 Å². The van der Waals surface area contributed by atoms with Gasteiger partial charge in [-0.25, -0.2) is 4.57 Å². The largest absolute Gasteiger partial charge is 3.00 e. The van der Waals surface area contributed by atoms with Crippen LogP contribution in [0, 0.1) is 0 Å². The molecule has 2 nitrogen and oxygen atoms in total. The van der Waals surface area contributed by atoms with Crippen LogP contribution in [0.25, 0.3) is 0 Å². The Bertz CT molecular complexity index is 457. The molecule has 0 saturated heterocycles. The minimum absolute atomic E-state index is 0. The number of halogens is 6. The van der Waals surface area contributed by atoms with Crippen molar-refractivity contribution in [2.45, 2.75) is 6.54 Å². The summed E-state index contributed by atoms with van der Waals surface area (Å²) in [5.41, 5.74) is 2.55. The second kappa shape index (κ2) is 18.6. The molecule has 1 aromatic carbocycles. The summed E-state index contributed by atoms with van der Waals surface area (Å²) in [5.74, 6) is 0. The average molecular weight is 449 g/mol. The average Bonchev–Trinajstić information content (AvgIpc) is 2.31. The first kappa shape index (κ1) is 37.6. The third-order valence-corrected chi connectivity index (χ3v) is 2.60. The number of pyridine rings is 1. The van der Waals surface area contributed by atoms with Gasteiger partial charge in [-0.2, -0.15) is 0 Å². The summed E-state index contributed by atoms with van der Waals surface area (Å²) >= 11 is 0. The molecular weight excluding hydrogens is 432 g/mol. The molecule has 132 valence electrons. The van der Waals surface area contributed by atoms with Gasteiger partial charge < -0.3 is 33.1 Å². The molecule has 0 bridgehead atoms. The van der Waals surface area contributed by atoms with Gasteiger partial charge in [-0.05, 0) is 0 Å². The molecule has 2 aromatic rings. The number of hydrogen-bond acceptors (Lipinski definition) is 1. The van der Waals surface area contributed by atoms with Crippen LogP contribution in [0.4, 0.5) is 5.69 Å². The normalized spacial score (nSPS) is 7.04. The molecule has 1 heterocycles. The Morgan fingerprint density at radius 3 is 1.57 bits per heavy atom. The van der Waals surface area contributed by atoms with Crippen LogP contribution in [-0.2, 0) is 6.54 Å². The van der Waals surface area contributed by atoms with Gasteiger partial charge in [0.15, 0.2) is 18.9 Å². The van der Waals surface area contributed by atoms with Gasteiger partial charge in [-0.3, -0.25) is 0 Å². The standard InChI is InChI=1S/C14H17N2.6FH.Sb/c1-15(2)14-8-10-16(11-9-14)12-13-6-4-3-5-7-13;;;;;;;/h3-11H,12H2,1-2H3;6*1H;/q+1;;;;;;;+3/p-6. The number of rotatable bonds is 3. The van der Waals surface area contributed by atoms with Crippen LogP contribution in [0.15, 0.2) is 54.9 Å². The maximum Gasteiger partial charge on any atom is 3.00 e. The van der Waals surface area contributed by atoms with Crippen molar-refractivity contribution in [2.75, 3.05) is 19.0 Å². The van der Waals surface area contributed by atoms with Gasteiger partial charge in [0.1, 0.15) is 0 Å². The summed E-state index contributed by atoms with van der Waals surface area (Å²) in [4.78, 5) is 2.10. The molecule has 1 aromatic heterocycles. The van der Waals surface area contributed by atoms with Crippen LogP contribution < -0.4 is 37.7 Å². The van der Waals surface area contributed by atoms with Gasteiger partial charge in [-0.1, -0.05) is 30.3 Å². The van der Waals surface area contributed by atoms with Crippen LogP contribution >= 0.6 is 0 Å². The van der Waals surface area contributed by atoms with Gasteiger partial charge >= 0.3 is 24.4 Å². The van der Waals surface area contributed by atoms with Crippen molar-refractivity contribution in [1.29, 1.82) is 0 Å². The first-order valence-corrected chi connectivity index (χ1v) is 5.46. The Morgan fingerprint density at radius 2 is 1.17 bits per heavy atom. The van der Waals surface area contributed by atoms with E-state index in [9.17, 15) is 0 Å². The maximum absolute atomic E-state index is 2.18. The van der Waals surface area contributed by atoms with Crippen LogP contribution in [0.2, 0.25) is 0 Å². The topological polar surface area (TPSA) is 7.12 Å². The van der Waals surface area contributed by atoms with Crippen LogP contribution in [0.1, 0.15) is 5.56 Å². The van der Waals surface area contributed by atoms with E-state index < -0.39 is 0 Å². The molecular formula is C14H17F6N2Sb-2. The van der Waals surface area contributed by atoms with Crippen molar-refractivity contribution >= 4 is 30.1 Å². The molecule has 0 spiro atoms. The molecule has 0 N–H and O–H groups in total. The monoisotopic (exact) mass is 448 g/mol. The summed E-state index contributed by atoms with van der Waals surface area (Å²) < 4.78 is 2.18. The molecule has 0 aliphatic rings. The molecule has 0 aliphatic heterocycles. The van der Waals surface area contributed by atoms with Crippen LogP contribution in [0.5, 0.6) is 0 Å². The Balaban J connectivity index is -0.000000103. The smallest absolute Gasteiger partial charge is 1.00 e.